The van der Waals surface area contributed by atoms with E-state index in [4.69, 9.17) is 24.8 Å². The average Bonchev–Trinajstić information content (AvgIpc) is 3.20. The van der Waals surface area contributed by atoms with E-state index in [1.54, 1.807) is 11.0 Å². The first kappa shape index (κ1) is 21.6. The van der Waals surface area contributed by atoms with E-state index in [2.05, 4.69) is 4.90 Å². The fourth-order valence-electron chi connectivity index (χ4n) is 6.47. The highest BCUT2D eigenvalue weighted by Crippen LogP contribution is 2.49. The van der Waals surface area contributed by atoms with E-state index in [0.717, 1.165) is 69.7 Å². The lowest BCUT2D eigenvalue weighted by atomic mass is 9.65. The predicted molar refractivity (Wildman–Crippen MR) is 118 cm³/mol. The lowest BCUT2D eigenvalue weighted by Crippen LogP contribution is -2.65. The molecular weight excluding hydrogens is 427 g/mol. The third-order valence-electron chi connectivity index (χ3n) is 8.46. The largest absolute Gasteiger partial charge is 0.490 e. The number of ether oxygens (including phenoxy) is 3. The van der Waals surface area contributed by atoms with E-state index >= 15 is 0 Å². The second-order valence-electron chi connectivity index (χ2n) is 10.8. The van der Waals surface area contributed by atoms with Crippen LogP contribution in [0.5, 0.6) is 5.75 Å². The Kier molecular flexibility index (Phi) is 5.28. The number of benzene rings is 1. The molecule has 4 aliphatic heterocycles. The van der Waals surface area contributed by atoms with Crippen molar-refractivity contribution in [1.29, 1.82) is 5.41 Å². The summed E-state index contributed by atoms with van der Waals surface area (Å²) in [5.74, 6) is 0.993. The Bertz CT molecular complexity index is 904. The molecule has 5 fully saturated rings. The fourth-order valence-corrected chi connectivity index (χ4v) is 6.47. The molecule has 9 heteroatoms. The lowest BCUT2D eigenvalue weighted by molar-refractivity contribution is -0.191. The van der Waals surface area contributed by atoms with Crippen molar-refractivity contribution in [2.75, 3.05) is 46.0 Å². The molecule has 1 aliphatic carbocycles. The van der Waals surface area contributed by atoms with Gasteiger partial charge in [-0.1, -0.05) is 0 Å². The molecule has 2 spiro atoms. The molecule has 0 bridgehead atoms. The van der Waals surface area contributed by atoms with Gasteiger partial charge in [-0.05, 0) is 69.3 Å². The van der Waals surface area contributed by atoms with E-state index in [1.165, 1.54) is 6.07 Å². The third kappa shape index (κ3) is 3.88. The highest BCUT2D eigenvalue weighted by molar-refractivity contribution is 5.76. The van der Waals surface area contributed by atoms with E-state index in [0.29, 0.717) is 37.1 Å². The van der Waals surface area contributed by atoms with Crippen molar-refractivity contribution in [1.82, 2.24) is 15.3 Å². The first-order valence-corrected chi connectivity index (χ1v) is 12.1. The molecule has 3 N–H and O–H groups in total. The highest BCUT2D eigenvalue weighted by atomic mass is 19.1. The summed E-state index contributed by atoms with van der Waals surface area (Å²) in [5, 5.41) is 16.6. The zero-order chi connectivity index (χ0) is 22.6. The average molecular weight is 461 g/mol. The van der Waals surface area contributed by atoms with Crippen molar-refractivity contribution in [2.45, 2.75) is 55.8 Å². The molecule has 33 heavy (non-hydrogen) atoms. The van der Waals surface area contributed by atoms with Crippen molar-refractivity contribution in [3.63, 3.8) is 0 Å². The normalized spacial score (nSPS) is 28.9. The van der Waals surface area contributed by atoms with Gasteiger partial charge in [-0.2, -0.15) is 0 Å². The highest BCUT2D eigenvalue weighted by Gasteiger charge is 2.52. The molecule has 180 valence electrons. The fraction of sp³-hybridized carbons (Fsp3) is 0.708. The number of piperidine rings is 1. The van der Waals surface area contributed by atoms with Gasteiger partial charge in [0.1, 0.15) is 23.3 Å². The van der Waals surface area contributed by atoms with Crippen LogP contribution in [0.25, 0.3) is 0 Å². The first-order chi connectivity index (χ1) is 16.0. The van der Waals surface area contributed by atoms with Crippen molar-refractivity contribution in [3.05, 3.63) is 29.6 Å². The molecule has 4 heterocycles. The van der Waals surface area contributed by atoms with E-state index in [1.807, 2.05) is 11.5 Å². The third-order valence-corrected chi connectivity index (χ3v) is 8.46. The number of hydroxylamine groups is 1. The zero-order valence-corrected chi connectivity index (χ0v) is 18.9. The topological polar surface area (TPSA) is 90.3 Å². The monoisotopic (exact) mass is 460 g/mol. The first-order valence-electron chi connectivity index (χ1n) is 12.1. The second kappa shape index (κ2) is 8.08. The van der Waals surface area contributed by atoms with Gasteiger partial charge < -0.3 is 19.1 Å². The van der Waals surface area contributed by atoms with Crippen molar-refractivity contribution in [2.24, 2.45) is 5.41 Å². The molecule has 0 radical (unpaired) electrons. The number of nitrogens with one attached hydrogen (secondary N) is 2. The second-order valence-corrected chi connectivity index (χ2v) is 10.8. The zero-order valence-electron chi connectivity index (χ0n) is 18.9. The van der Waals surface area contributed by atoms with Crippen LogP contribution < -0.4 is 10.2 Å². The maximum absolute atomic E-state index is 14.2. The summed E-state index contributed by atoms with van der Waals surface area (Å²) < 4.78 is 32.0. The Morgan fingerprint density at radius 3 is 2.61 bits per heavy atom. The quantitative estimate of drug-likeness (QED) is 0.361. The number of likely N-dealkylation sites (tertiary alicyclic amines) is 2. The van der Waals surface area contributed by atoms with Crippen LogP contribution >= 0.6 is 0 Å². The molecule has 1 atom stereocenters. The predicted octanol–water partition coefficient (Wildman–Crippen LogP) is 2.32. The molecule has 1 saturated carbocycles. The molecule has 5 aliphatic rings. The minimum atomic E-state index is -0.195. The Morgan fingerprint density at radius 2 is 1.94 bits per heavy atom. The number of hydrogen-bond donors (Lipinski definition) is 3. The van der Waals surface area contributed by atoms with Gasteiger partial charge >= 0.3 is 0 Å². The summed E-state index contributed by atoms with van der Waals surface area (Å²) in [4.78, 5) is 4.29. The van der Waals surface area contributed by atoms with Crippen molar-refractivity contribution < 1.29 is 23.8 Å². The van der Waals surface area contributed by atoms with Crippen LogP contribution in [0.1, 0.15) is 43.6 Å². The number of nitrogens with zero attached hydrogens (tertiary/aromatic N) is 2. The van der Waals surface area contributed by atoms with Crippen LogP contribution in [-0.2, 0) is 9.47 Å². The maximum Gasteiger partial charge on any atom is 0.215 e. The summed E-state index contributed by atoms with van der Waals surface area (Å²) in [5.41, 5.74) is 3.08. The van der Waals surface area contributed by atoms with Gasteiger partial charge in [-0.25, -0.2) is 9.87 Å². The molecule has 8 nitrogen and oxygen atoms in total. The van der Waals surface area contributed by atoms with Crippen molar-refractivity contribution in [3.8, 4) is 5.75 Å². The van der Waals surface area contributed by atoms with Crippen LogP contribution in [0.4, 0.5) is 4.39 Å². The molecule has 6 rings (SSSR count). The number of halogens is 1. The minimum absolute atomic E-state index is 0.0275. The van der Waals surface area contributed by atoms with Crippen LogP contribution in [0.2, 0.25) is 0 Å². The molecule has 4 saturated heterocycles. The summed E-state index contributed by atoms with van der Waals surface area (Å²) in [6, 6.07) is 5.38. The van der Waals surface area contributed by atoms with Crippen LogP contribution in [0.3, 0.4) is 0 Å². The smallest absolute Gasteiger partial charge is 0.215 e. The Hall–Kier alpha value is -1.94. The van der Waals surface area contributed by atoms with Gasteiger partial charge in [-0.15, -0.1) is 0 Å². The number of rotatable bonds is 4. The van der Waals surface area contributed by atoms with Gasteiger partial charge in [0.2, 0.25) is 5.96 Å². The van der Waals surface area contributed by atoms with Gasteiger partial charge in [0.05, 0.1) is 32.9 Å². The van der Waals surface area contributed by atoms with Gasteiger partial charge in [0, 0.05) is 17.0 Å². The Labute approximate surface area is 193 Å². The molecule has 1 aromatic carbocycles. The molecule has 0 aromatic heterocycles. The Balaban J connectivity index is 1.04. The summed E-state index contributed by atoms with van der Waals surface area (Å²) >= 11 is 0. The summed E-state index contributed by atoms with van der Waals surface area (Å²) in [6.45, 7) is 5.63. The van der Waals surface area contributed by atoms with Crippen LogP contribution in [0, 0.1) is 16.6 Å². The van der Waals surface area contributed by atoms with Crippen LogP contribution in [0.15, 0.2) is 18.2 Å². The van der Waals surface area contributed by atoms with Gasteiger partial charge in [-0.3, -0.25) is 15.5 Å². The van der Waals surface area contributed by atoms with Gasteiger partial charge in [0.15, 0.2) is 0 Å². The summed E-state index contributed by atoms with van der Waals surface area (Å²) in [7, 11) is 0. The van der Waals surface area contributed by atoms with E-state index < -0.39 is 0 Å². The lowest BCUT2D eigenvalue weighted by Gasteiger charge is -2.52. The van der Waals surface area contributed by atoms with E-state index in [-0.39, 0.29) is 23.5 Å². The SMILES string of the molecule is N=C(NO)N1CC2(CC(N3CCC(c4cc(F)ccc4OC4CC5(COC5)C4)CC3)CO2)C1. The van der Waals surface area contributed by atoms with Gasteiger partial charge in [0.25, 0.3) is 0 Å². The number of guanidine groups is 1. The van der Waals surface area contributed by atoms with E-state index in [9.17, 15) is 4.39 Å². The summed E-state index contributed by atoms with van der Waals surface area (Å²) in [6.07, 6.45) is 5.21. The molecule has 0 amide bonds. The molecule has 1 aromatic rings. The van der Waals surface area contributed by atoms with Crippen LogP contribution in [-0.4, -0.2) is 84.7 Å². The standard InChI is InChI=1S/C24H33FN4O4/c25-17-1-2-21(33-19-9-23(10-19)14-31-15-23)20(7-17)16-3-5-28(6-4-16)18-8-24(32-11-18)12-29(13-24)22(26)27-30/h1-2,7,16,18-19,30H,3-6,8-15H2,(H2,26,27). The molecule has 1 unspecified atom stereocenters. The number of hydrogen-bond acceptors (Lipinski definition) is 6. The maximum atomic E-state index is 14.2. The minimum Gasteiger partial charge on any atom is -0.490 e. The van der Waals surface area contributed by atoms with Crippen molar-refractivity contribution >= 4 is 5.96 Å². The Morgan fingerprint density at radius 1 is 1.18 bits per heavy atom. The molecular formula is C24H33FN4O4.